The third-order valence-corrected chi connectivity index (χ3v) is 2.53. The van der Waals surface area contributed by atoms with E-state index < -0.39 is 0 Å². The van der Waals surface area contributed by atoms with E-state index in [1.807, 2.05) is 13.8 Å². The predicted molar refractivity (Wildman–Crippen MR) is 65.0 cm³/mol. The number of aromatic nitrogens is 1. The number of hydrogen-bond donors (Lipinski definition) is 0. The molecular weight excluding hydrogens is 249 g/mol. The average Bonchev–Trinajstić information content (AvgIpc) is 2.25. The lowest BCUT2D eigenvalue weighted by Gasteiger charge is -2.13. The molecule has 1 aromatic heterocycles. The molecule has 0 N–H and O–H groups in total. The Morgan fingerprint density at radius 2 is 2.19 bits per heavy atom. The highest BCUT2D eigenvalue weighted by molar-refractivity contribution is 6.34. The molecule has 0 amide bonds. The summed E-state index contributed by atoms with van der Waals surface area (Å²) in [4.78, 5) is 3.95. The Balaban J connectivity index is 2.42. The number of hydrogen-bond acceptors (Lipinski definition) is 3. The van der Waals surface area contributed by atoms with Crippen molar-refractivity contribution in [3.63, 3.8) is 0 Å². The van der Waals surface area contributed by atoms with Crippen molar-refractivity contribution in [2.45, 2.75) is 26.6 Å². The van der Waals surface area contributed by atoms with Gasteiger partial charge < -0.3 is 9.47 Å². The van der Waals surface area contributed by atoms with Gasteiger partial charge >= 0.3 is 0 Å². The molecule has 0 saturated carbocycles. The molecule has 0 spiro atoms. The Labute approximate surface area is 106 Å². The topological polar surface area (TPSA) is 31.4 Å². The third kappa shape index (κ3) is 4.66. The molecule has 1 atom stereocenters. The number of halogens is 2. The fourth-order valence-electron chi connectivity index (χ4n) is 1.11. The summed E-state index contributed by atoms with van der Waals surface area (Å²) < 4.78 is 10.8. The van der Waals surface area contributed by atoms with Crippen LogP contribution in [0, 0.1) is 0 Å². The second-order valence-electron chi connectivity index (χ2n) is 3.38. The minimum absolute atomic E-state index is 0.0340. The smallest absolute Gasteiger partial charge is 0.130 e. The third-order valence-electron chi connectivity index (χ3n) is 1.98. The molecule has 5 heteroatoms. The van der Waals surface area contributed by atoms with E-state index in [2.05, 4.69) is 4.98 Å². The molecule has 0 aliphatic carbocycles. The van der Waals surface area contributed by atoms with E-state index in [0.717, 1.165) is 5.56 Å². The van der Waals surface area contributed by atoms with Crippen molar-refractivity contribution in [1.82, 2.24) is 4.98 Å². The van der Waals surface area contributed by atoms with Crippen LogP contribution in [0.15, 0.2) is 12.3 Å². The van der Waals surface area contributed by atoms with E-state index in [-0.39, 0.29) is 6.10 Å². The van der Waals surface area contributed by atoms with Crippen molar-refractivity contribution in [1.29, 1.82) is 0 Å². The first-order valence-corrected chi connectivity index (χ1v) is 5.88. The highest BCUT2D eigenvalue weighted by Gasteiger charge is 2.06. The Bertz CT molecular complexity index is 334. The zero-order chi connectivity index (χ0) is 12.0. The summed E-state index contributed by atoms with van der Waals surface area (Å²) in [6.07, 6.45) is 1.66. The largest absolute Gasteiger partial charge is 0.379 e. The van der Waals surface area contributed by atoms with E-state index in [4.69, 9.17) is 32.7 Å². The number of rotatable bonds is 6. The lowest BCUT2D eigenvalue weighted by atomic mass is 10.3. The molecule has 1 rings (SSSR count). The fraction of sp³-hybridized carbons (Fsp3) is 0.545. The Kier molecular flexibility index (Phi) is 6.06. The maximum atomic E-state index is 5.98. The minimum Gasteiger partial charge on any atom is -0.379 e. The minimum atomic E-state index is 0.0340. The normalized spacial score (nSPS) is 12.8. The maximum absolute atomic E-state index is 5.98. The molecule has 1 heterocycles. The first kappa shape index (κ1) is 13.7. The van der Waals surface area contributed by atoms with Gasteiger partial charge in [-0.3, -0.25) is 0 Å². The van der Waals surface area contributed by atoms with E-state index in [9.17, 15) is 0 Å². The molecule has 90 valence electrons. The SMILES string of the molecule is CCOCC(C)OCc1cnc(Cl)cc1Cl. The molecule has 0 bridgehead atoms. The van der Waals surface area contributed by atoms with Gasteiger partial charge in [0.1, 0.15) is 5.15 Å². The molecule has 0 aliphatic rings. The van der Waals surface area contributed by atoms with Crippen LogP contribution in [-0.4, -0.2) is 24.3 Å². The lowest BCUT2D eigenvalue weighted by Crippen LogP contribution is -2.15. The van der Waals surface area contributed by atoms with Gasteiger partial charge in [0.25, 0.3) is 0 Å². The molecule has 0 saturated heterocycles. The summed E-state index contributed by atoms with van der Waals surface area (Å²) in [5.41, 5.74) is 0.828. The maximum Gasteiger partial charge on any atom is 0.130 e. The van der Waals surface area contributed by atoms with Gasteiger partial charge in [0.15, 0.2) is 0 Å². The second kappa shape index (κ2) is 7.07. The van der Waals surface area contributed by atoms with E-state index in [1.165, 1.54) is 0 Å². The van der Waals surface area contributed by atoms with E-state index in [0.29, 0.717) is 30.0 Å². The van der Waals surface area contributed by atoms with Crippen molar-refractivity contribution < 1.29 is 9.47 Å². The average molecular weight is 264 g/mol. The highest BCUT2D eigenvalue weighted by Crippen LogP contribution is 2.19. The fourth-order valence-corrected chi connectivity index (χ4v) is 1.53. The summed E-state index contributed by atoms with van der Waals surface area (Å²) in [7, 11) is 0. The standard InChI is InChI=1S/C11H15Cl2NO2/c1-3-15-6-8(2)16-7-9-5-14-11(13)4-10(9)12/h4-5,8H,3,6-7H2,1-2H3. The Morgan fingerprint density at radius 1 is 1.44 bits per heavy atom. The van der Waals surface area contributed by atoms with Gasteiger partial charge in [-0.15, -0.1) is 0 Å². The van der Waals surface area contributed by atoms with Gasteiger partial charge in [-0.1, -0.05) is 23.2 Å². The number of ether oxygens (including phenoxy) is 2. The van der Waals surface area contributed by atoms with Gasteiger partial charge in [-0.25, -0.2) is 4.98 Å². The lowest BCUT2D eigenvalue weighted by molar-refractivity contribution is -0.0117. The Morgan fingerprint density at radius 3 is 2.81 bits per heavy atom. The van der Waals surface area contributed by atoms with Crippen molar-refractivity contribution in [3.05, 3.63) is 28.0 Å². The molecule has 16 heavy (non-hydrogen) atoms. The zero-order valence-corrected chi connectivity index (χ0v) is 10.9. The van der Waals surface area contributed by atoms with Crippen LogP contribution in [0.2, 0.25) is 10.2 Å². The summed E-state index contributed by atoms with van der Waals surface area (Å²) in [5.74, 6) is 0. The van der Waals surface area contributed by atoms with Crippen LogP contribution < -0.4 is 0 Å². The van der Waals surface area contributed by atoms with Crippen molar-refractivity contribution >= 4 is 23.2 Å². The molecule has 1 aromatic rings. The molecule has 0 radical (unpaired) electrons. The predicted octanol–water partition coefficient (Wildman–Crippen LogP) is 3.33. The number of pyridine rings is 1. The van der Waals surface area contributed by atoms with Crippen LogP contribution in [0.4, 0.5) is 0 Å². The summed E-state index contributed by atoms with van der Waals surface area (Å²) in [6, 6.07) is 1.61. The van der Waals surface area contributed by atoms with Crippen LogP contribution in [0.3, 0.4) is 0 Å². The molecule has 1 unspecified atom stereocenters. The van der Waals surface area contributed by atoms with Gasteiger partial charge in [-0.05, 0) is 19.9 Å². The van der Waals surface area contributed by atoms with E-state index in [1.54, 1.807) is 12.3 Å². The summed E-state index contributed by atoms with van der Waals surface area (Å²) in [6.45, 7) is 5.59. The van der Waals surface area contributed by atoms with Crippen LogP contribution in [0.25, 0.3) is 0 Å². The summed E-state index contributed by atoms with van der Waals surface area (Å²) in [5, 5.41) is 0.958. The number of nitrogens with zero attached hydrogens (tertiary/aromatic N) is 1. The van der Waals surface area contributed by atoms with E-state index >= 15 is 0 Å². The van der Waals surface area contributed by atoms with Gasteiger partial charge in [0.2, 0.25) is 0 Å². The van der Waals surface area contributed by atoms with Crippen molar-refractivity contribution in [3.8, 4) is 0 Å². The molecule has 0 aliphatic heterocycles. The highest BCUT2D eigenvalue weighted by atomic mass is 35.5. The summed E-state index contributed by atoms with van der Waals surface area (Å²) >= 11 is 11.7. The first-order valence-electron chi connectivity index (χ1n) is 5.12. The molecule has 0 fully saturated rings. The van der Waals surface area contributed by atoms with Crippen molar-refractivity contribution in [2.24, 2.45) is 0 Å². The van der Waals surface area contributed by atoms with Crippen LogP contribution in [0.1, 0.15) is 19.4 Å². The first-order chi connectivity index (χ1) is 7.63. The zero-order valence-electron chi connectivity index (χ0n) is 9.37. The Hall–Kier alpha value is -0.350. The molecule has 0 aromatic carbocycles. The van der Waals surface area contributed by atoms with Gasteiger partial charge in [-0.2, -0.15) is 0 Å². The quantitative estimate of drug-likeness (QED) is 0.738. The van der Waals surface area contributed by atoms with Crippen LogP contribution >= 0.6 is 23.2 Å². The van der Waals surface area contributed by atoms with Gasteiger partial charge in [0, 0.05) is 18.4 Å². The van der Waals surface area contributed by atoms with Crippen LogP contribution in [-0.2, 0) is 16.1 Å². The van der Waals surface area contributed by atoms with Crippen molar-refractivity contribution in [2.75, 3.05) is 13.2 Å². The van der Waals surface area contributed by atoms with Crippen LogP contribution in [0.5, 0.6) is 0 Å². The van der Waals surface area contributed by atoms with Gasteiger partial charge in [0.05, 0.1) is 24.3 Å². The molecule has 3 nitrogen and oxygen atoms in total. The monoisotopic (exact) mass is 263 g/mol. The molecular formula is C11H15Cl2NO2. The second-order valence-corrected chi connectivity index (χ2v) is 4.17.